The Morgan fingerprint density at radius 2 is 1.95 bits per heavy atom. The molecule has 0 aromatic carbocycles. The number of rotatable bonds is 8. The lowest BCUT2D eigenvalue weighted by molar-refractivity contribution is 0.290. The van der Waals surface area contributed by atoms with Gasteiger partial charge in [0.25, 0.3) is 10.2 Å². The van der Waals surface area contributed by atoms with Crippen LogP contribution in [0.4, 0.5) is 0 Å². The Labute approximate surface area is 118 Å². The number of hydrogen-bond donors (Lipinski definition) is 2. The molecule has 19 heavy (non-hydrogen) atoms. The van der Waals surface area contributed by atoms with Gasteiger partial charge >= 0.3 is 0 Å². The first-order valence-electron chi connectivity index (χ1n) is 7.45. The highest BCUT2D eigenvalue weighted by molar-refractivity contribution is 7.87. The van der Waals surface area contributed by atoms with Crippen molar-refractivity contribution >= 4 is 10.2 Å². The molecule has 0 spiro atoms. The summed E-state index contributed by atoms with van der Waals surface area (Å²) in [7, 11) is -1.76. The van der Waals surface area contributed by atoms with Gasteiger partial charge in [0.1, 0.15) is 0 Å². The van der Waals surface area contributed by atoms with Gasteiger partial charge in [-0.2, -0.15) is 17.4 Å². The molecule has 0 aromatic rings. The van der Waals surface area contributed by atoms with Gasteiger partial charge in [-0.15, -0.1) is 0 Å². The second kappa shape index (κ2) is 8.19. The fourth-order valence-corrected chi connectivity index (χ4v) is 3.88. The van der Waals surface area contributed by atoms with Crippen LogP contribution < -0.4 is 10.5 Å². The van der Waals surface area contributed by atoms with Crippen LogP contribution in [0.5, 0.6) is 0 Å². The van der Waals surface area contributed by atoms with Crippen molar-refractivity contribution in [3.05, 3.63) is 0 Å². The Balaban J connectivity index is 2.57. The fraction of sp³-hybridized carbons (Fsp3) is 1.00. The van der Waals surface area contributed by atoms with Gasteiger partial charge in [-0.1, -0.05) is 32.6 Å². The summed E-state index contributed by atoms with van der Waals surface area (Å²) in [5.74, 6) is 0.396. The van der Waals surface area contributed by atoms with E-state index in [4.69, 9.17) is 5.73 Å². The van der Waals surface area contributed by atoms with Gasteiger partial charge in [-0.25, -0.2) is 0 Å². The SMILES string of the molecule is CCCCN(C)S(=O)(=O)NC(CN)C1CCCCC1. The Bertz CT molecular complexity index is 340. The predicted molar refractivity (Wildman–Crippen MR) is 79.0 cm³/mol. The molecule has 1 saturated carbocycles. The van der Waals surface area contributed by atoms with E-state index < -0.39 is 10.2 Å². The molecule has 6 heteroatoms. The first-order chi connectivity index (χ1) is 9.01. The van der Waals surface area contributed by atoms with Crippen molar-refractivity contribution in [2.45, 2.75) is 57.9 Å². The summed E-state index contributed by atoms with van der Waals surface area (Å²) >= 11 is 0. The Hall–Kier alpha value is -0.170. The smallest absolute Gasteiger partial charge is 0.279 e. The zero-order valence-corrected chi connectivity index (χ0v) is 13.1. The molecule has 0 aliphatic heterocycles. The third kappa shape index (κ3) is 5.38. The fourth-order valence-electron chi connectivity index (χ4n) is 2.66. The van der Waals surface area contributed by atoms with Gasteiger partial charge in [0.2, 0.25) is 0 Å². The highest BCUT2D eigenvalue weighted by Crippen LogP contribution is 2.26. The molecule has 0 heterocycles. The van der Waals surface area contributed by atoms with E-state index >= 15 is 0 Å². The molecule has 0 aromatic heterocycles. The van der Waals surface area contributed by atoms with Crippen molar-refractivity contribution in [1.82, 2.24) is 9.03 Å². The highest BCUT2D eigenvalue weighted by atomic mass is 32.2. The molecule has 1 fully saturated rings. The molecule has 114 valence electrons. The molecular formula is C13H29N3O2S. The van der Waals surface area contributed by atoms with E-state index in [1.165, 1.54) is 23.6 Å². The summed E-state index contributed by atoms with van der Waals surface area (Å²) in [5.41, 5.74) is 5.77. The van der Waals surface area contributed by atoms with E-state index in [-0.39, 0.29) is 6.04 Å². The van der Waals surface area contributed by atoms with Crippen molar-refractivity contribution in [3.8, 4) is 0 Å². The minimum atomic E-state index is -3.39. The van der Waals surface area contributed by atoms with Crippen molar-refractivity contribution in [2.75, 3.05) is 20.1 Å². The molecule has 3 N–H and O–H groups in total. The van der Waals surface area contributed by atoms with Gasteiger partial charge < -0.3 is 5.73 Å². The van der Waals surface area contributed by atoms with Crippen molar-refractivity contribution in [2.24, 2.45) is 11.7 Å². The average molecular weight is 291 g/mol. The first kappa shape index (κ1) is 16.9. The van der Waals surface area contributed by atoms with Crippen LogP contribution in [0.3, 0.4) is 0 Å². The highest BCUT2D eigenvalue weighted by Gasteiger charge is 2.28. The number of nitrogens with zero attached hydrogens (tertiary/aromatic N) is 1. The van der Waals surface area contributed by atoms with Crippen LogP contribution in [-0.2, 0) is 10.2 Å². The third-order valence-corrected chi connectivity index (χ3v) is 5.61. The Kier molecular flexibility index (Phi) is 7.28. The second-order valence-corrected chi connectivity index (χ2v) is 7.35. The largest absolute Gasteiger partial charge is 0.329 e. The van der Waals surface area contributed by atoms with Crippen LogP contribution in [0.15, 0.2) is 0 Å². The number of nitrogens with one attached hydrogen (secondary N) is 1. The van der Waals surface area contributed by atoms with E-state index in [0.29, 0.717) is 19.0 Å². The molecule has 0 saturated heterocycles. The minimum absolute atomic E-state index is 0.116. The van der Waals surface area contributed by atoms with Crippen LogP contribution >= 0.6 is 0 Å². The average Bonchev–Trinajstić information content (AvgIpc) is 2.43. The predicted octanol–water partition coefficient (Wildman–Crippen LogP) is 1.46. The van der Waals surface area contributed by atoms with Crippen LogP contribution in [0.2, 0.25) is 0 Å². The summed E-state index contributed by atoms with van der Waals surface area (Å²) in [4.78, 5) is 0. The summed E-state index contributed by atoms with van der Waals surface area (Å²) < 4.78 is 28.6. The maximum atomic E-state index is 12.2. The van der Waals surface area contributed by atoms with Gasteiger partial charge in [0, 0.05) is 26.2 Å². The molecule has 1 rings (SSSR count). The van der Waals surface area contributed by atoms with Gasteiger partial charge in [-0.3, -0.25) is 0 Å². The topological polar surface area (TPSA) is 75.4 Å². The molecular weight excluding hydrogens is 262 g/mol. The van der Waals surface area contributed by atoms with E-state index in [1.807, 2.05) is 0 Å². The van der Waals surface area contributed by atoms with E-state index in [2.05, 4.69) is 11.6 Å². The lowest BCUT2D eigenvalue weighted by Crippen LogP contribution is -2.50. The lowest BCUT2D eigenvalue weighted by atomic mass is 9.84. The molecule has 1 atom stereocenters. The van der Waals surface area contributed by atoms with Gasteiger partial charge in [-0.05, 0) is 25.2 Å². The van der Waals surface area contributed by atoms with Crippen LogP contribution in [0.25, 0.3) is 0 Å². The molecule has 1 unspecified atom stereocenters. The standard InChI is InChI=1S/C13H29N3O2S/c1-3-4-10-16(2)19(17,18)15-13(11-14)12-8-6-5-7-9-12/h12-13,15H,3-11,14H2,1-2H3. The van der Waals surface area contributed by atoms with Crippen LogP contribution in [-0.4, -0.2) is 38.9 Å². The molecule has 1 aliphatic carbocycles. The van der Waals surface area contributed by atoms with Crippen molar-refractivity contribution in [1.29, 1.82) is 0 Å². The van der Waals surface area contributed by atoms with Gasteiger partial charge in [0.05, 0.1) is 0 Å². The molecule has 5 nitrogen and oxygen atoms in total. The molecule has 0 bridgehead atoms. The maximum Gasteiger partial charge on any atom is 0.279 e. The van der Waals surface area contributed by atoms with E-state index in [9.17, 15) is 8.42 Å². The second-order valence-electron chi connectivity index (χ2n) is 5.54. The third-order valence-electron chi connectivity index (χ3n) is 4.01. The van der Waals surface area contributed by atoms with Crippen molar-refractivity contribution < 1.29 is 8.42 Å². The lowest BCUT2D eigenvalue weighted by Gasteiger charge is -2.31. The number of hydrogen-bond acceptors (Lipinski definition) is 3. The van der Waals surface area contributed by atoms with Crippen LogP contribution in [0.1, 0.15) is 51.9 Å². The zero-order valence-electron chi connectivity index (χ0n) is 12.3. The quantitative estimate of drug-likeness (QED) is 0.711. The molecule has 0 amide bonds. The maximum absolute atomic E-state index is 12.2. The normalized spacial score (nSPS) is 19.8. The first-order valence-corrected chi connectivity index (χ1v) is 8.89. The summed E-state index contributed by atoms with van der Waals surface area (Å²) in [6.45, 7) is 3.00. The summed E-state index contributed by atoms with van der Waals surface area (Å²) in [6.07, 6.45) is 7.68. The Morgan fingerprint density at radius 1 is 1.32 bits per heavy atom. The van der Waals surface area contributed by atoms with Gasteiger partial charge in [0.15, 0.2) is 0 Å². The summed E-state index contributed by atoms with van der Waals surface area (Å²) in [6, 6.07) is -0.116. The van der Waals surface area contributed by atoms with E-state index in [1.54, 1.807) is 7.05 Å². The minimum Gasteiger partial charge on any atom is -0.329 e. The zero-order chi connectivity index (χ0) is 14.3. The van der Waals surface area contributed by atoms with Crippen molar-refractivity contribution in [3.63, 3.8) is 0 Å². The van der Waals surface area contributed by atoms with E-state index in [0.717, 1.165) is 25.7 Å². The Morgan fingerprint density at radius 3 is 2.47 bits per heavy atom. The number of unbranched alkanes of at least 4 members (excludes halogenated alkanes) is 1. The molecule has 0 radical (unpaired) electrons. The summed E-state index contributed by atoms with van der Waals surface area (Å²) in [5, 5.41) is 0. The number of nitrogens with two attached hydrogens (primary N) is 1. The molecule has 1 aliphatic rings. The van der Waals surface area contributed by atoms with Crippen LogP contribution in [0, 0.1) is 5.92 Å². The monoisotopic (exact) mass is 291 g/mol.